The van der Waals surface area contributed by atoms with Crippen LogP contribution in [0.4, 0.5) is 4.79 Å². The minimum atomic E-state index is -0.566. The van der Waals surface area contributed by atoms with Crippen molar-refractivity contribution in [3.8, 4) is 16.3 Å². The van der Waals surface area contributed by atoms with Crippen LogP contribution in [0.5, 0.6) is 5.75 Å². The van der Waals surface area contributed by atoms with Gasteiger partial charge in [-0.15, -0.1) is 11.3 Å². The van der Waals surface area contributed by atoms with Crippen molar-refractivity contribution in [3.63, 3.8) is 0 Å². The Morgan fingerprint density at radius 2 is 1.95 bits per heavy atom. The molecule has 2 bridgehead atoms. The molecular formula is C33H38N4O4S. The molecule has 1 aromatic carbocycles. The Kier molecular flexibility index (Phi) is 6.49. The molecule has 3 aliphatic rings. The van der Waals surface area contributed by atoms with Crippen molar-refractivity contribution in [2.24, 2.45) is 11.8 Å². The summed E-state index contributed by atoms with van der Waals surface area (Å²) in [5, 5.41) is 5.26. The van der Waals surface area contributed by atoms with Gasteiger partial charge in [-0.05, 0) is 101 Å². The molecule has 2 saturated carbocycles. The number of likely N-dealkylation sites (tertiary alicyclic amines) is 1. The zero-order chi connectivity index (χ0) is 29.3. The number of benzene rings is 1. The second kappa shape index (κ2) is 10.0. The molecule has 9 heteroatoms. The molecule has 42 heavy (non-hydrogen) atoms. The van der Waals surface area contributed by atoms with Gasteiger partial charge in [-0.2, -0.15) is 0 Å². The van der Waals surface area contributed by atoms with E-state index in [1.807, 2.05) is 50.1 Å². The number of piperidine rings is 1. The average molecular weight is 587 g/mol. The lowest BCUT2D eigenvalue weighted by atomic mass is 10.0. The zero-order valence-electron chi connectivity index (χ0n) is 24.9. The van der Waals surface area contributed by atoms with E-state index in [-0.39, 0.29) is 23.9 Å². The highest BCUT2D eigenvalue weighted by molar-refractivity contribution is 7.22. The first-order chi connectivity index (χ1) is 20.1. The summed E-state index contributed by atoms with van der Waals surface area (Å²) in [6, 6.07) is 10.2. The third-order valence-corrected chi connectivity index (χ3v) is 10.3. The summed E-state index contributed by atoms with van der Waals surface area (Å²) in [7, 11) is 1.67. The van der Waals surface area contributed by atoms with Gasteiger partial charge in [-0.3, -0.25) is 4.79 Å². The van der Waals surface area contributed by atoms with Crippen molar-refractivity contribution >= 4 is 44.5 Å². The molecule has 7 rings (SSSR count). The first-order valence-electron chi connectivity index (χ1n) is 15.0. The SMILES string of the molecule is COc1cc(C(=O)N2CC3CCC2[C@@H]3NC(=O)OC(C)(C)C)cc2sc(-c3cc4cccnc4n3CC3CC3)c(C)c12. The highest BCUT2D eigenvalue weighted by Gasteiger charge is 2.50. The van der Waals surface area contributed by atoms with E-state index in [0.717, 1.165) is 46.1 Å². The number of aryl methyl sites for hydroxylation is 1. The van der Waals surface area contributed by atoms with Crippen molar-refractivity contribution in [2.45, 2.75) is 77.6 Å². The van der Waals surface area contributed by atoms with E-state index in [2.05, 4.69) is 28.9 Å². The number of aromatic nitrogens is 2. The summed E-state index contributed by atoms with van der Waals surface area (Å²) in [4.78, 5) is 34.4. The molecule has 2 aliphatic carbocycles. The number of carbonyl (C=O) groups excluding carboxylic acids is 2. The molecule has 8 nitrogen and oxygen atoms in total. The van der Waals surface area contributed by atoms with Crippen LogP contribution in [0.2, 0.25) is 0 Å². The fraction of sp³-hybridized carbons (Fsp3) is 0.485. The number of nitrogens with zero attached hydrogens (tertiary/aromatic N) is 3. The van der Waals surface area contributed by atoms with Crippen LogP contribution in [-0.4, -0.2) is 57.8 Å². The highest BCUT2D eigenvalue weighted by Crippen LogP contribution is 2.46. The highest BCUT2D eigenvalue weighted by atomic mass is 32.1. The van der Waals surface area contributed by atoms with Crippen molar-refractivity contribution in [3.05, 3.63) is 47.7 Å². The number of fused-ring (bicyclic) bond motifs is 4. The van der Waals surface area contributed by atoms with E-state index < -0.39 is 11.7 Å². The van der Waals surface area contributed by atoms with Crippen molar-refractivity contribution in [1.29, 1.82) is 0 Å². The molecule has 4 heterocycles. The molecule has 4 aromatic rings. The van der Waals surface area contributed by atoms with E-state index >= 15 is 0 Å². The minimum Gasteiger partial charge on any atom is -0.496 e. The lowest BCUT2D eigenvalue weighted by molar-refractivity contribution is 0.0485. The lowest BCUT2D eigenvalue weighted by Gasteiger charge is -2.28. The predicted octanol–water partition coefficient (Wildman–Crippen LogP) is 6.77. The van der Waals surface area contributed by atoms with Gasteiger partial charge in [0.05, 0.1) is 29.8 Å². The topological polar surface area (TPSA) is 85.7 Å². The number of amides is 2. The van der Waals surface area contributed by atoms with Crippen LogP contribution in [0.1, 0.15) is 62.4 Å². The van der Waals surface area contributed by atoms with Gasteiger partial charge in [0.1, 0.15) is 17.0 Å². The molecule has 3 atom stereocenters. The van der Waals surface area contributed by atoms with Crippen LogP contribution in [0.25, 0.3) is 31.7 Å². The van der Waals surface area contributed by atoms with Crippen molar-refractivity contribution < 1.29 is 19.1 Å². The predicted molar refractivity (Wildman–Crippen MR) is 165 cm³/mol. The fourth-order valence-electron chi connectivity index (χ4n) is 6.95. The summed E-state index contributed by atoms with van der Waals surface area (Å²) in [5.74, 6) is 1.64. The number of pyridine rings is 1. The normalized spacial score (nSPS) is 21.8. The molecule has 220 valence electrons. The van der Waals surface area contributed by atoms with E-state index in [4.69, 9.17) is 14.5 Å². The number of hydrogen-bond acceptors (Lipinski definition) is 6. The molecule has 2 amide bonds. The van der Waals surface area contributed by atoms with Gasteiger partial charge in [0, 0.05) is 40.3 Å². The lowest BCUT2D eigenvalue weighted by Crippen LogP contribution is -2.46. The monoisotopic (exact) mass is 586 g/mol. The Labute approximate surface area is 250 Å². The van der Waals surface area contributed by atoms with Crippen molar-refractivity contribution in [2.75, 3.05) is 13.7 Å². The van der Waals surface area contributed by atoms with Gasteiger partial charge in [0.2, 0.25) is 0 Å². The molecule has 3 aromatic heterocycles. The Balaban J connectivity index is 1.22. The molecule has 1 aliphatic heterocycles. The van der Waals surface area contributed by atoms with Crippen LogP contribution in [0, 0.1) is 18.8 Å². The number of hydrogen-bond donors (Lipinski definition) is 1. The second-order valence-corrected chi connectivity index (χ2v) is 14.2. The molecule has 1 N–H and O–H groups in total. The van der Waals surface area contributed by atoms with Crippen LogP contribution < -0.4 is 10.1 Å². The molecule has 3 fully saturated rings. The standard InChI is InChI=1S/C33H38N4O4S/c1-18-27-25(40-5)14-22(31(38)37-17-21-10-11-23(37)28(21)35-32(39)41-33(2,3)4)15-26(27)42-29(18)24-13-20-7-6-12-34-30(20)36(24)16-19-8-9-19/h6-7,12-15,19,21,23,28H,8-11,16-17H2,1-5H3,(H,35,39)/t21?,23?,28-/m1/s1. The minimum absolute atomic E-state index is 0.0157. The Morgan fingerprint density at radius 3 is 2.69 bits per heavy atom. The quantitative estimate of drug-likeness (QED) is 0.269. The van der Waals surface area contributed by atoms with E-state index in [1.165, 1.54) is 23.4 Å². The first kappa shape index (κ1) is 27.3. The Hall–Kier alpha value is -3.59. The maximum absolute atomic E-state index is 14.0. The summed E-state index contributed by atoms with van der Waals surface area (Å²) >= 11 is 1.71. The fourth-order valence-corrected chi connectivity index (χ4v) is 8.24. The van der Waals surface area contributed by atoms with E-state index in [1.54, 1.807) is 18.4 Å². The number of rotatable bonds is 6. The summed E-state index contributed by atoms with van der Waals surface area (Å²) in [6.07, 6.45) is 5.85. The number of nitrogens with one attached hydrogen (secondary N) is 1. The third kappa shape index (κ3) is 4.71. The maximum Gasteiger partial charge on any atom is 0.407 e. The van der Waals surface area contributed by atoms with Crippen molar-refractivity contribution in [1.82, 2.24) is 19.8 Å². The third-order valence-electron chi connectivity index (χ3n) is 9.02. The number of alkyl carbamates (subject to hydrolysis) is 1. The van der Waals surface area contributed by atoms with Gasteiger partial charge in [-0.25, -0.2) is 9.78 Å². The van der Waals surface area contributed by atoms with E-state index in [0.29, 0.717) is 23.8 Å². The molecular weight excluding hydrogens is 548 g/mol. The number of methoxy groups -OCH3 is 1. The van der Waals surface area contributed by atoms with E-state index in [9.17, 15) is 9.59 Å². The zero-order valence-corrected chi connectivity index (χ0v) is 25.7. The summed E-state index contributed by atoms with van der Waals surface area (Å²) < 4.78 is 14.8. The number of carbonyl (C=O) groups is 2. The Morgan fingerprint density at radius 1 is 1.14 bits per heavy atom. The van der Waals surface area contributed by atoms with Crippen LogP contribution in [-0.2, 0) is 11.3 Å². The van der Waals surface area contributed by atoms with Gasteiger partial charge in [0.15, 0.2) is 0 Å². The molecule has 0 spiro atoms. The van der Waals surface area contributed by atoms with Crippen LogP contribution in [0.15, 0.2) is 36.5 Å². The number of thiophene rings is 1. The average Bonchev–Trinajstić information content (AvgIpc) is 3.29. The van der Waals surface area contributed by atoms with Crippen LogP contribution >= 0.6 is 11.3 Å². The molecule has 2 unspecified atom stereocenters. The summed E-state index contributed by atoms with van der Waals surface area (Å²) in [6.45, 7) is 9.33. The van der Waals surface area contributed by atoms with Gasteiger partial charge in [-0.1, -0.05) is 0 Å². The van der Waals surface area contributed by atoms with Gasteiger partial charge in [0.25, 0.3) is 5.91 Å². The molecule has 0 radical (unpaired) electrons. The molecule has 1 saturated heterocycles. The number of ether oxygens (including phenoxy) is 2. The first-order valence-corrected chi connectivity index (χ1v) is 15.8. The Bertz CT molecular complexity index is 1710. The van der Waals surface area contributed by atoms with Crippen LogP contribution in [0.3, 0.4) is 0 Å². The summed E-state index contributed by atoms with van der Waals surface area (Å²) in [5.41, 5.74) is 3.42. The maximum atomic E-state index is 14.0. The second-order valence-electron chi connectivity index (χ2n) is 13.1. The largest absolute Gasteiger partial charge is 0.496 e. The van der Waals surface area contributed by atoms with Gasteiger partial charge < -0.3 is 24.3 Å². The smallest absolute Gasteiger partial charge is 0.407 e. The van der Waals surface area contributed by atoms with Gasteiger partial charge >= 0.3 is 6.09 Å².